The summed E-state index contributed by atoms with van der Waals surface area (Å²) in [5.41, 5.74) is 0. The zero-order valence-corrected chi connectivity index (χ0v) is 9.82. The maximum atomic E-state index is 9.00. The molecule has 0 amide bonds. The van der Waals surface area contributed by atoms with E-state index in [2.05, 4.69) is 6.92 Å². The Morgan fingerprint density at radius 3 is 2.47 bits per heavy atom. The van der Waals surface area contributed by atoms with Gasteiger partial charge in [0.2, 0.25) is 0 Å². The average Bonchev–Trinajstić information content (AvgIpc) is 2.26. The molecule has 0 saturated heterocycles. The number of hydrogen-bond donors (Lipinski definition) is 2. The van der Waals surface area contributed by atoms with Crippen molar-refractivity contribution in [3.63, 3.8) is 0 Å². The van der Waals surface area contributed by atoms with Gasteiger partial charge >= 0.3 is 0 Å². The first-order valence-electron chi connectivity index (χ1n) is 5.81. The topological polar surface area (TPSA) is 58.9 Å². The zero-order chi connectivity index (χ0) is 11.5. The lowest BCUT2D eigenvalue weighted by atomic mass is 10.1. The van der Waals surface area contributed by atoms with Gasteiger partial charge in [-0.3, -0.25) is 0 Å². The number of hydrogen-bond acceptors (Lipinski definition) is 4. The lowest BCUT2D eigenvalue weighted by Gasteiger charge is -2.15. The van der Waals surface area contributed by atoms with E-state index in [9.17, 15) is 0 Å². The molecular weight excluding hydrogens is 196 g/mol. The maximum absolute atomic E-state index is 9.00. The van der Waals surface area contributed by atoms with Gasteiger partial charge in [-0.25, -0.2) is 9.78 Å². The van der Waals surface area contributed by atoms with Crippen molar-refractivity contribution in [2.75, 3.05) is 13.2 Å². The van der Waals surface area contributed by atoms with E-state index in [0.29, 0.717) is 0 Å². The van der Waals surface area contributed by atoms with Crippen molar-refractivity contribution in [3.05, 3.63) is 0 Å². The van der Waals surface area contributed by atoms with Crippen LogP contribution < -0.4 is 0 Å². The molecule has 0 spiro atoms. The molecule has 0 aromatic rings. The summed E-state index contributed by atoms with van der Waals surface area (Å²) in [7, 11) is 0. The Kier molecular flexibility index (Phi) is 10.3. The third kappa shape index (κ3) is 8.81. The van der Waals surface area contributed by atoms with Gasteiger partial charge in [-0.15, -0.1) is 0 Å². The van der Waals surface area contributed by atoms with Crippen LogP contribution in [0, 0.1) is 0 Å². The molecule has 15 heavy (non-hydrogen) atoms. The summed E-state index contributed by atoms with van der Waals surface area (Å²) < 4.78 is 0. The van der Waals surface area contributed by atoms with Crippen LogP contribution in [0.5, 0.6) is 0 Å². The molecule has 0 aliphatic rings. The number of unbranched alkanes of at least 4 members (excludes halogenated alkanes) is 2. The molecule has 2 N–H and O–H groups in total. The van der Waals surface area contributed by atoms with Crippen LogP contribution in [0.1, 0.15) is 46.0 Å². The van der Waals surface area contributed by atoms with Gasteiger partial charge in [0.05, 0.1) is 12.7 Å². The Morgan fingerprint density at radius 2 is 1.93 bits per heavy atom. The van der Waals surface area contributed by atoms with Crippen LogP contribution in [-0.2, 0) is 9.78 Å². The summed E-state index contributed by atoms with van der Waals surface area (Å²) in [6, 6.07) is 0. The van der Waals surface area contributed by atoms with Crippen molar-refractivity contribution < 1.29 is 20.0 Å². The Morgan fingerprint density at radius 1 is 1.20 bits per heavy atom. The SMILES string of the molecule is CCCCCC(CC)OOCC(O)CO. The van der Waals surface area contributed by atoms with Gasteiger partial charge in [-0.2, -0.15) is 0 Å². The second-order valence-electron chi connectivity index (χ2n) is 3.74. The molecule has 0 heterocycles. The normalized spacial score (nSPS) is 15.2. The fourth-order valence-corrected chi connectivity index (χ4v) is 1.21. The molecule has 0 saturated carbocycles. The van der Waals surface area contributed by atoms with Crippen LogP contribution in [-0.4, -0.2) is 35.6 Å². The summed E-state index contributed by atoms with van der Waals surface area (Å²) in [4.78, 5) is 10.00. The summed E-state index contributed by atoms with van der Waals surface area (Å²) in [5, 5.41) is 17.5. The van der Waals surface area contributed by atoms with E-state index in [-0.39, 0.29) is 19.3 Å². The molecule has 4 heteroatoms. The van der Waals surface area contributed by atoms with Crippen molar-refractivity contribution in [2.45, 2.75) is 58.2 Å². The molecule has 92 valence electrons. The second-order valence-corrected chi connectivity index (χ2v) is 3.74. The molecule has 0 rings (SSSR count). The van der Waals surface area contributed by atoms with Gasteiger partial charge in [0.15, 0.2) is 0 Å². The minimum atomic E-state index is -0.849. The highest BCUT2D eigenvalue weighted by atomic mass is 17.2. The second kappa shape index (κ2) is 10.4. The van der Waals surface area contributed by atoms with Gasteiger partial charge in [-0.05, 0) is 12.8 Å². The minimum absolute atomic E-state index is 0.0285. The molecule has 0 radical (unpaired) electrons. The number of rotatable bonds is 10. The number of aliphatic hydroxyl groups excluding tert-OH is 2. The van der Waals surface area contributed by atoms with Crippen molar-refractivity contribution in [1.82, 2.24) is 0 Å². The molecule has 0 fully saturated rings. The lowest BCUT2D eigenvalue weighted by molar-refractivity contribution is -0.335. The minimum Gasteiger partial charge on any atom is -0.394 e. The predicted molar refractivity (Wildman–Crippen MR) is 58.4 cm³/mol. The van der Waals surface area contributed by atoms with E-state index in [4.69, 9.17) is 20.0 Å². The average molecular weight is 220 g/mol. The Bertz CT molecular complexity index is 130. The number of aliphatic hydroxyl groups is 2. The van der Waals surface area contributed by atoms with Crippen LogP contribution in [0.15, 0.2) is 0 Å². The summed E-state index contributed by atoms with van der Waals surface area (Å²) in [6.45, 7) is 3.94. The first kappa shape index (κ1) is 14.8. The Balaban J connectivity index is 3.43. The highest BCUT2D eigenvalue weighted by molar-refractivity contribution is 4.54. The standard InChI is InChI=1S/C11H24O4/c1-3-5-6-7-11(4-2)15-14-9-10(13)8-12/h10-13H,3-9H2,1-2H3. The van der Waals surface area contributed by atoms with Gasteiger partial charge in [0, 0.05) is 0 Å². The molecule has 2 unspecified atom stereocenters. The maximum Gasteiger partial charge on any atom is 0.110 e. The van der Waals surface area contributed by atoms with Gasteiger partial charge in [0.25, 0.3) is 0 Å². The van der Waals surface area contributed by atoms with E-state index in [1.165, 1.54) is 12.8 Å². The quantitative estimate of drug-likeness (QED) is 0.334. The summed E-state index contributed by atoms with van der Waals surface area (Å²) >= 11 is 0. The van der Waals surface area contributed by atoms with Gasteiger partial charge in [-0.1, -0.05) is 33.1 Å². The third-order valence-corrected chi connectivity index (χ3v) is 2.26. The van der Waals surface area contributed by atoms with E-state index in [1.807, 2.05) is 6.92 Å². The first-order valence-corrected chi connectivity index (χ1v) is 5.81. The molecule has 0 aromatic heterocycles. The largest absolute Gasteiger partial charge is 0.394 e. The van der Waals surface area contributed by atoms with E-state index >= 15 is 0 Å². The molecule has 0 aliphatic heterocycles. The third-order valence-electron chi connectivity index (χ3n) is 2.26. The van der Waals surface area contributed by atoms with Gasteiger partial charge in [0.1, 0.15) is 12.7 Å². The molecule has 0 aliphatic carbocycles. The van der Waals surface area contributed by atoms with Crippen LogP contribution in [0.3, 0.4) is 0 Å². The van der Waals surface area contributed by atoms with Crippen LogP contribution >= 0.6 is 0 Å². The molecule has 0 aromatic carbocycles. The molecule has 2 atom stereocenters. The van der Waals surface area contributed by atoms with Crippen molar-refractivity contribution in [2.24, 2.45) is 0 Å². The Labute approximate surface area is 92.1 Å². The predicted octanol–water partition coefficient (Wildman–Crippen LogP) is 1.65. The molecule has 4 nitrogen and oxygen atoms in total. The van der Waals surface area contributed by atoms with Crippen LogP contribution in [0.25, 0.3) is 0 Å². The van der Waals surface area contributed by atoms with E-state index in [1.54, 1.807) is 0 Å². The summed E-state index contributed by atoms with van der Waals surface area (Å²) in [6.07, 6.45) is 4.68. The highest BCUT2D eigenvalue weighted by Gasteiger charge is 2.09. The highest BCUT2D eigenvalue weighted by Crippen LogP contribution is 2.10. The van der Waals surface area contributed by atoms with E-state index in [0.717, 1.165) is 19.3 Å². The van der Waals surface area contributed by atoms with Crippen molar-refractivity contribution in [1.29, 1.82) is 0 Å². The Hall–Kier alpha value is -0.160. The monoisotopic (exact) mass is 220 g/mol. The van der Waals surface area contributed by atoms with Crippen LogP contribution in [0.2, 0.25) is 0 Å². The van der Waals surface area contributed by atoms with Gasteiger partial charge < -0.3 is 10.2 Å². The first-order chi connectivity index (χ1) is 7.24. The molecular formula is C11H24O4. The zero-order valence-electron chi connectivity index (χ0n) is 9.82. The van der Waals surface area contributed by atoms with Crippen molar-refractivity contribution in [3.8, 4) is 0 Å². The van der Waals surface area contributed by atoms with Crippen LogP contribution in [0.4, 0.5) is 0 Å². The molecule has 0 bridgehead atoms. The fraction of sp³-hybridized carbons (Fsp3) is 1.00. The smallest absolute Gasteiger partial charge is 0.110 e. The summed E-state index contributed by atoms with van der Waals surface area (Å²) in [5.74, 6) is 0. The lowest BCUT2D eigenvalue weighted by Crippen LogP contribution is -2.22. The fourth-order valence-electron chi connectivity index (χ4n) is 1.21. The van der Waals surface area contributed by atoms with E-state index < -0.39 is 6.10 Å². The van der Waals surface area contributed by atoms with Crippen molar-refractivity contribution >= 4 is 0 Å².